The molecule has 7 heteroatoms. The lowest BCUT2D eigenvalue weighted by molar-refractivity contribution is -0.332. The second-order valence-electron chi connectivity index (χ2n) is 8.92. The normalized spacial score (nSPS) is 27.6. The molecule has 2 aliphatic heterocycles. The van der Waals surface area contributed by atoms with Gasteiger partial charge in [0.25, 0.3) is 0 Å². The lowest BCUT2D eigenvalue weighted by atomic mass is 9.94. The Hall–Kier alpha value is -3.23. The molecule has 2 heterocycles. The number of hydrogen-bond acceptors (Lipinski definition) is 7. The van der Waals surface area contributed by atoms with E-state index in [4.69, 9.17) is 28.4 Å². The number of ether oxygens (including phenoxy) is 6. The molecule has 36 heavy (non-hydrogen) atoms. The van der Waals surface area contributed by atoms with Crippen molar-refractivity contribution in [1.82, 2.24) is 0 Å². The average Bonchev–Trinajstić information content (AvgIpc) is 2.93. The maximum absolute atomic E-state index is 13.0. The van der Waals surface area contributed by atoms with Crippen molar-refractivity contribution in [3.8, 4) is 5.75 Å². The summed E-state index contributed by atoms with van der Waals surface area (Å²) in [5.74, 6) is 0.320. The van der Waals surface area contributed by atoms with Crippen LogP contribution in [0.3, 0.4) is 0 Å². The van der Waals surface area contributed by atoms with Gasteiger partial charge in [-0.1, -0.05) is 60.7 Å². The highest BCUT2D eigenvalue weighted by molar-refractivity contribution is 5.89. The number of carbonyl (C=O) groups is 1. The first-order valence-corrected chi connectivity index (χ1v) is 12.1. The highest BCUT2D eigenvalue weighted by Gasteiger charge is 2.51. The van der Waals surface area contributed by atoms with Crippen LogP contribution < -0.4 is 4.74 Å². The topological polar surface area (TPSA) is 72.5 Å². The summed E-state index contributed by atoms with van der Waals surface area (Å²) in [4.78, 5) is 13.0. The van der Waals surface area contributed by atoms with Gasteiger partial charge < -0.3 is 28.4 Å². The van der Waals surface area contributed by atoms with Crippen LogP contribution in [-0.2, 0) is 30.3 Å². The molecule has 5 rings (SSSR count). The van der Waals surface area contributed by atoms with Crippen LogP contribution in [0.25, 0.3) is 0 Å². The number of hydrogen-bond donors (Lipinski definition) is 0. The maximum Gasteiger partial charge on any atom is 0.338 e. The van der Waals surface area contributed by atoms with Crippen molar-refractivity contribution >= 4 is 5.97 Å². The molecule has 6 atom stereocenters. The highest BCUT2D eigenvalue weighted by Crippen LogP contribution is 2.37. The molecule has 188 valence electrons. The standard InChI is InChI=1S/C29H30O7/c1-19-25(35-28(30)21-11-7-4-8-12-21)27(32-17-20-9-5-3-6-10-20)26-24(34-19)18-33-29(36-26)22-13-15-23(31-2)16-14-22/h3-16,19,24-27,29H,17-18H2,1-2H3/t19-,24?,25?,26-,27-,29?/m0/s1. The van der Waals surface area contributed by atoms with E-state index in [1.807, 2.05) is 67.6 Å². The van der Waals surface area contributed by atoms with Crippen LogP contribution in [0.4, 0.5) is 0 Å². The van der Waals surface area contributed by atoms with Gasteiger partial charge in [-0.3, -0.25) is 0 Å². The molecule has 2 aliphatic rings. The third kappa shape index (κ3) is 5.44. The molecule has 0 aliphatic carbocycles. The zero-order valence-corrected chi connectivity index (χ0v) is 20.3. The molecule has 0 spiro atoms. The van der Waals surface area contributed by atoms with Gasteiger partial charge in [-0.05, 0) is 36.8 Å². The minimum absolute atomic E-state index is 0.330. The van der Waals surface area contributed by atoms with Gasteiger partial charge in [0.05, 0.1) is 32.0 Å². The number of rotatable bonds is 7. The van der Waals surface area contributed by atoms with E-state index in [-0.39, 0.29) is 6.10 Å². The fraction of sp³-hybridized carbons (Fsp3) is 0.345. The molecule has 3 unspecified atom stereocenters. The molecule has 3 aromatic carbocycles. The van der Waals surface area contributed by atoms with Gasteiger partial charge in [0.15, 0.2) is 12.4 Å². The summed E-state index contributed by atoms with van der Waals surface area (Å²) in [7, 11) is 1.62. The number of fused-ring (bicyclic) bond motifs is 1. The summed E-state index contributed by atoms with van der Waals surface area (Å²) in [6.07, 6.45) is -3.11. The molecule has 0 N–H and O–H groups in total. The van der Waals surface area contributed by atoms with Crippen LogP contribution in [0.1, 0.15) is 34.7 Å². The third-order valence-electron chi connectivity index (χ3n) is 6.48. The van der Waals surface area contributed by atoms with Crippen LogP contribution >= 0.6 is 0 Å². The Bertz CT molecular complexity index is 1120. The van der Waals surface area contributed by atoms with Gasteiger partial charge in [0, 0.05) is 5.56 Å². The molecule has 2 fully saturated rings. The minimum Gasteiger partial charge on any atom is -0.497 e. The monoisotopic (exact) mass is 490 g/mol. The Morgan fingerprint density at radius 2 is 1.58 bits per heavy atom. The van der Waals surface area contributed by atoms with E-state index in [0.717, 1.165) is 16.9 Å². The van der Waals surface area contributed by atoms with Gasteiger partial charge in [-0.15, -0.1) is 0 Å². The SMILES string of the molecule is COc1ccc(C2OCC3O[C@@H](C)C(OC(=O)c4ccccc4)[C@H](OCc4ccccc4)[C@H]3O2)cc1. The Balaban J connectivity index is 1.39. The smallest absolute Gasteiger partial charge is 0.338 e. The molecule has 0 saturated carbocycles. The van der Waals surface area contributed by atoms with Gasteiger partial charge >= 0.3 is 5.97 Å². The first kappa shape index (κ1) is 24.5. The summed E-state index contributed by atoms with van der Waals surface area (Å²) < 4.78 is 36.3. The molecular formula is C29H30O7. The Morgan fingerprint density at radius 3 is 2.28 bits per heavy atom. The molecule has 0 radical (unpaired) electrons. The van der Waals surface area contributed by atoms with Crippen LogP contribution in [-0.4, -0.2) is 50.2 Å². The average molecular weight is 491 g/mol. The van der Waals surface area contributed by atoms with E-state index in [2.05, 4.69) is 0 Å². The molecule has 2 saturated heterocycles. The Kier molecular flexibility index (Phi) is 7.63. The largest absolute Gasteiger partial charge is 0.497 e. The van der Waals surface area contributed by atoms with Crippen molar-refractivity contribution in [1.29, 1.82) is 0 Å². The zero-order valence-electron chi connectivity index (χ0n) is 20.3. The van der Waals surface area contributed by atoms with Crippen molar-refractivity contribution in [3.63, 3.8) is 0 Å². The summed E-state index contributed by atoms with van der Waals surface area (Å²) in [6, 6.07) is 26.3. The Morgan fingerprint density at radius 1 is 0.889 bits per heavy atom. The first-order chi connectivity index (χ1) is 17.6. The van der Waals surface area contributed by atoms with Crippen molar-refractivity contribution in [2.24, 2.45) is 0 Å². The predicted molar refractivity (Wildman–Crippen MR) is 132 cm³/mol. The third-order valence-corrected chi connectivity index (χ3v) is 6.48. The minimum atomic E-state index is -0.669. The van der Waals surface area contributed by atoms with E-state index in [1.54, 1.807) is 31.4 Å². The lowest BCUT2D eigenvalue weighted by Gasteiger charge is -2.48. The summed E-state index contributed by atoms with van der Waals surface area (Å²) >= 11 is 0. The fourth-order valence-electron chi connectivity index (χ4n) is 4.58. The first-order valence-electron chi connectivity index (χ1n) is 12.1. The second-order valence-corrected chi connectivity index (χ2v) is 8.92. The van der Waals surface area contributed by atoms with E-state index < -0.39 is 36.7 Å². The van der Waals surface area contributed by atoms with E-state index >= 15 is 0 Å². The van der Waals surface area contributed by atoms with Crippen molar-refractivity contribution in [2.75, 3.05) is 13.7 Å². The number of esters is 1. The Labute approximate surface area is 210 Å². The summed E-state index contributed by atoms with van der Waals surface area (Å²) in [5, 5.41) is 0. The maximum atomic E-state index is 13.0. The highest BCUT2D eigenvalue weighted by atomic mass is 16.7. The lowest BCUT2D eigenvalue weighted by Crippen LogP contribution is -2.62. The number of methoxy groups -OCH3 is 1. The quantitative estimate of drug-likeness (QED) is 0.444. The van der Waals surface area contributed by atoms with Gasteiger partial charge in [0.2, 0.25) is 0 Å². The predicted octanol–water partition coefficient (Wildman–Crippen LogP) is 4.71. The van der Waals surface area contributed by atoms with Crippen molar-refractivity contribution in [2.45, 2.75) is 50.3 Å². The molecular weight excluding hydrogens is 460 g/mol. The van der Waals surface area contributed by atoms with E-state index in [1.165, 1.54) is 0 Å². The van der Waals surface area contributed by atoms with Crippen LogP contribution in [0.2, 0.25) is 0 Å². The molecule has 0 bridgehead atoms. The van der Waals surface area contributed by atoms with E-state index in [0.29, 0.717) is 18.8 Å². The van der Waals surface area contributed by atoms with Gasteiger partial charge in [-0.25, -0.2) is 4.79 Å². The number of benzene rings is 3. The molecule has 0 aromatic heterocycles. The zero-order chi connectivity index (χ0) is 24.9. The summed E-state index contributed by atoms with van der Waals surface area (Å²) in [6.45, 7) is 2.56. The fourth-order valence-corrected chi connectivity index (χ4v) is 4.58. The van der Waals surface area contributed by atoms with Gasteiger partial charge in [-0.2, -0.15) is 0 Å². The van der Waals surface area contributed by atoms with Crippen molar-refractivity contribution < 1.29 is 33.2 Å². The van der Waals surface area contributed by atoms with Gasteiger partial charge in [0.1, 0.15) is 24.1 Å². The number of carbonyl (C=O) groups excluding carboxylic acids is 1. The molecule has 7 nitrogen and oxygen atoms in total. The van der Waals surface area contributed by atoms with Crippen LogP contribution in [0, 0.1) is 0 Å². The van der Waals surface area contributed by atoms with Crippen molar-refractivity contribution in [3.05, 3.63) is 102 Å². The molecule has 3 aromatic rings. The van der Waals surface area contributed by atoms with Crippen LogP contribution in [0.5, 0.6) is 5.75 Å². The molecule has 0 amide bonds. The summed E-state index contributed by atoms with van der Waals surface area (Å²) in [5.41, 5.74) is 2.34. The van der Waals surface area contributed by atoms with E-state index in [9.17, 15) is 4.79 Å². The second kappa shape index (κ2) is 11.2. The van der Waals surface area contributed by atoms with Crippen LogP contribution in [0.15, 0.2) is 84.9 Å².